The number of hydrogen-bond donors (Lipinski definition) is 1. The molecule has 0 amide bonds. The Morgan fingerprint density at radius 3 is 2.29 bits per heavy atom. The first-order valence-electron chi connectivity index (χ1n) is 8.53. The SMILES string of the molecule is Cc1cc(CNC(C)(C)C)nc(C2CCCCCCC2)n1. The monoisotopic (exact) mass is 289 g/mol. The molecule has 3 heteroatoms. The van der Waals surface area contributed by atoms with Crippen LogP contribution in [0.4, 0.5) is 0 Å². The fourth-order valence-electron chi connectivity index (χ4n) is 3.00. The fraction of sp³-hybridized carbons (Fsp3) is 0.778. The van der Waals surface area contributed by atoms with E-state index in [2.05, 4.69) is 39.1 Å². The molecular formula is C18H31N3. The van der Waals surface area contributed by atoms with Crippen molar-refractivity contribution in [3.63, 3.8) is 0 Å². The largest absolute Gasteiger partial charge is 0.306 e. The second-order valence-electron chi connectivity index (χ2n) is 7.50. The number of aryl methyl sites for hydroxylation is 1. The van der Waals surface area contributed by atoms with Crippen LogP contribution in [0, 0.1) is 6.92 Å². The Kier molecular flexibility index (Phi) is 5.74. The van der Waals surface area contributed by atoms with Crippen molar-refractivity contribution in [3.8, 4) is 0 Å². The van der Waals surface area contributed by atoms with Gasteiger partial charge in [-0.1, -0.05) is 32.1 Å². The van der Waals surface area contributed by atoms with Gasteiger partial charge in [0.05, 0.1) is 5.69 Å². The van der Waals surface area contributed by atoms with E-state index in [9.17, 15) is 0 Å². The van der Waals surface area contributed by atoms with E-state index in [1.165, 1.54) is 44.9 Å². The van der Waals surface area contributed by atoms with Gasteiger partial charge in [-0.25, -0.2) is 9.97 Å². The van der Waals surface area contributed by atoms with Gasteiger partial charge in [0, 0.05) is 23.7 Å². The topological polar surface area (TPSA) is 37.8 Å². The van der Waals surface area contributed by atoms with Crippen LogP contribution in [0.15, 0.2) is 6.07 Å². The Morgan fingerprint density at radius 2 is 1.67 bits per heavy atom. The summed E-state index contributed by atoms with van der Waals surface area (Å²) < 4.78 is 0. The van der Waals surface area contributed by atoms with Gasteiger partial charge in [-0.2, -0.15) is 0 Å². The third-order valence-electron chi connectivity index (χ3n) is 4.19. The van der Waals surface area contributed by atoms with Crippen molar-refractivity contribution in [3.05, 3.63) is 23.3 Å². The molecule has 1 aliphatic carbocycles. The molecule has 1 heterocycles. The Balaban J connectivity index is 2.09. The van der Waals surface area contributed by atoms with Crippen LogP contribution >= 0.6 is 0 Å². The van der Waals surface area contributed by atoms with Crippen LogP contribution in [-0.2, 0) is 6.54 Å². The summed E-state index contributed by atoms with van der Waals surface area (Å²) in [5.41, 5.74) is 2.36. The molecule has 0 aliphatic heterocycles. The van der Waals surface area contributed by atoms with Crippen molar-refractivity contribution >= 4 is 0 Å². The summed E-state index contributed by atoms with van der Waals surface area (Å²) in [6, 6.07) is 2.12. The highest BCUT2D eigenvalue weighted by Crippen LogP contribution is 2.29. The maximum Gasteiger partial charge on any atom is 0.131 e. The second-order valence-corrected chi connectivity index (χ2v) is 7.50. The Bertz CT molecular complexity index is 440. The summed E-state index contributed by atoms with van der Waals surface area (Å²) in [7, 11) is 0. The molecule has 0 unspecified atom stereocenters. The van der Waals surface area contributed by atoms with Crippen LogP contribution in [0.1, 0.15) is 88.8 Å². The Morgan fingerprint density at radius 1 is 1.05 bits per heavy atom. The van der Waals surface area contributed by atoms with Gasteiger partial charge in [-0.3, -0.25) is 0 Å². The summed E-state index contributed by atoms with van der Waals surface area (Å²) in [4.78, 5) is 9.59. The van der Waals surface area contributed by atoms with Crippen molar-refractivity contribution in [1.82, 2.24) is 15.3 Å². The minimum Gasteiger partial charge on any atom is -0.306 e. The van der Waals surface area contributed by atoms with E-state index in [1.807, 2.05) is 0 Å². The van der Waals surface area contributed by atoms with Crippen LogP contribution in [0.25, 0.3) is 0 Å². The van der Waals surface area contributed by atoms with Crippen molar-refractivity contribution in [2.24, 2.45) is 0 Å². The highest BCUT2D eigenvalue weighted by atomic mass is 15.0. The number of nitrogens with one attached hydrogen (secondary N) is 1. The lowest BCUT2D eigenvalue weighted by Gasteiger charge is -2.22. The molecular weight excluding hydrogens is 258 g/mol. The molecule has 1 aliphatic rings. The summed E-state index contributed by atoms with van der Waals surface area (Å²) in [5, 5.41) is 3.53. The predicted octanol–water partition coefficient (Wildman–Crippen LogP) is 4.50. The molecule has 1 fully saturated rings. The van der Waals surface area contributed by atoms with E-state index in [-0.39, 0.29) is 5.54 Å². The van der Waals surface area contributed by atoms with E-state index in [0.717, 1.165) is 23.8 Å². The van der Waals surface area contributed by atoms with E-state index in [4.69, 9.17) is 9.97 Å². The van der Waals surface area contributed by atoms with E-state index >= 15 is 0 Å². The number of nitrogens with zero attached hydrogens (tertiary/aromatic N) is 2. The van der Waals surface area contributed by atoms with Gasteiger partial charge < -0.3 is 5.32 Å². The first-order valence-corrected chi connectivity index (χ1v) is 8.53. The van der Waals surface area contributed by atoms with Crippen LogP contribution in [0.2, 0.25) is 0 Å². The van der Waals surface area contributed by atoms with Gasteiger partial charge >= 0.3 is 0 Å². The van der Waals surface area contributed by atoms with Crippen LogP contribution < -0.4 is 5.32 Å². The van der Waals surface area contributed by atoms with Crippen LogP contribution in [0.5, 0.6) is 0 Å². The molecule has 21 heavy (non-hydrogen) atoms. The molecule has 0 bridgehead atoms. The molecule has 1 saturated carbocycles. The highest BCUT2D eigenvalue weighted by molar-refractivity contribution is 5.12. The Hall–Kier alpha value is -0.960. The van der Waals surface area contributed by atoms with Gasteiger partial charge in [0.2, 0.25) is 0 Å². The van der Waals surface area contributed by atoms with Crippen molar-refractivity contribution < 1.29 is 0 Å². The second kappa shape index (κ2) is 7.35. The zero-order valence-corrected chi connectivity index (χ0v) is 14.2. The molecule has 2 rings (SSSR count). The minimum atomic E-state index is 0.124. The van der Waals surface area contributed by atoms with Crippen LogP contribution in [0.3, 0.4) is 0 Å². The van der Waals surface area contributed by atoms with Crippen molar-refractivity contribution in [2.75, 3.05) is 0 Å². The molecule has 0 radical (unpaired) electrons. The minimum absolute atomic E-state index is 0.124. The standard InChI is InChI=1S/C18H31N3/c1-14-12-16(13-19-18(2,3)4)21-17(20-14)15-10-8-6-5-7-9-11-15/h12,15,19H,5-11,13H2,1-4H3. The molecule has 0 saturated heterocycles. The third kappa shape index (κ3) is 5.74. The maximum absolute atomic E-state index is 4.86. The lowest BCUT2D eigenvalue weighted by molar-refractivity contribution is 0.416. The number of hydrogen-bond acceptors (Lipinski definition) is 3. The van der Waals surface area contributed by atoms with Gasteiger partial charge in [0.25, 0.3) is 0 Å². The van der Waals surface area contributed by atoms with Crippen LogP contribution in [-0.4, -0.2) is 15.5 Å². The number of rotatable bonds is 3. The Labute approximate surface area is 130 Å². The molecule has 1 N–H and O–H groups in total. The van der Waals surface area contributed by atoms with Gasteiger partial charge in [0.15, 0.2) is 0 Å². The average Bonchev–Trinajstić information content (AvgIpc) is 2.34. The maximum atomic E-state index is 4.86. The molecule has 0 spiro atoms. The third-order valence-corrected chi connectivity index (χ3v) is 4.19. The van der Waals surface area contributed by atoms with Crippen molar-refractivity contribution in [1.29, 1.82) is 0 Å². The summed E-state index contributed by atoms with van der Waals surface area (Å²) in [5.74, 6) is 1.65. The van der Waals surface area contributed by atoms with E-state index < -0.39 is 0 Å². The smallest absolute Gasteiger partial charge is 0.131 e. The normalized spacial score (nSPS) is 18.3. The zero-order valence-electron chi connectivity index (χ0n) is 14.2. The summed E-state index contributed by atoms with van der Waals surface area (Å²) in [6.45, 7) is 9.49. The van der Waals surface area contributed by atoms with Gasteiger partial charge in [-0.15, -0.1) is 0 Å². The molecule has 0 atom stereocenters. The molecule has 118 valence electrons. The summed E-state index contributed by atoms with van der Waals surface area (Å²) in [6.07, 6.45) is 9.34. The average molecular weight is 289 g/mol. The molecule has 1 aromatic rings. The highest BCUT2D eigenvalue weighted by Gasteiger charge is 2.18. The molecule has 1 aromatic heterocycles. The lowest BCUT2D eigenvalue weighted by Crippen LogP contribution is -2.35. The summed E-state index contributed by atoms with van der Waals surface area (Å²) >= 11 is 0. The number of aromatic nitrogens is 2. The fourth-order valence-corrected chi connectivity index (χ4v) is 3.00. The van der Waals surface area contributed by atoms with E-state index in [1.54, 1.807) is 0 Å². The van der Waals surface area contributed by atoms with E-state index in [0.29, 0.717) is 5.92 Å². The van der Waals surface area contributed by atoms with Gasteiger partial charge in [-0.05, 0) is 46.6 Å². The molecule has 0 aromatic carbocycles. The van der Waals surface area contributed by atoms with Gasteiger partial charge in [0.1, 0.15) is 5.82 Å². The molecule has 3 nitrogen and oxygen atoms in total. The lowest BCUT2D eigenvalue weighted by atomic mass is 9.90. The zero-order chi connectivity index (χ0) is 15.3. The first-order chi connectivity index (χ1) is 9.94. The quantitative estimate of drug-likeness (QED) is 0.890. The van der Waals surface area contributed by atoms with Crippen molar-refractivity contribution in [2.45, 2.75) is 90.6 Å². The first kappa shape index (κ1) is 16.4. The predicted molar refractivity (Wildman–Crippen MR) is 88.4 cm³/mol.